The highest BCUT2D eigenvalue weighted by molar-refractivity contribution is 5.78. The van der Waals surface area contributed by atoms with Crippen molar-refractivity contribution in [3.05, 3.63) is 23.3 Å². The number of hydrogen-bond acceptors (Lipinski definition) is 4. The van der Waals surface area contributed by atoms with Crippen molar-refractivity contribution >= 4 is 12.2 Å². The molecule has 0 aliphatic carbocycles. The number of benzene rings is 1. The van der Waals surface area contributed by atoms with Crippen molar-refractivity contribution in [2.45, 2.75) is 45.6 Å². The van der Waals surface area contributed by atoms with Gasteiger partial charge >= 0.3 is 0 Å². The van der Waals surface area contributed by atoms with E-state index in [2.05, 4.69) is 13.8 Å². The van der Waals surface area contributed by atoms with Crippen LogP contribution in [0.3, 0.4) is 0 Å². The van der Waals surface area contributed by atoms with Gasteiger partial charge in [-0.25, -0.2) is 0 Å². The lowest BCUT2D eigenvalue weighted by atomic mass is 9.89. The molecule has 5 heteroatoms. The fourth-order valence-electron chi connectivity index (χ4n) is 3.23. The third-order valence-corrected chi connectivity index (χ3v) is 4.58. The Morgan fingerprint density at radius 3 is 2.54 bits per heavy atom. The molecule has 0 saturated heterocycles. The maximum atomic E-state index is 12.6. The molecule has 0 aromatic heterocycles. The molecule has 1 aliphatic heterocycles. The molecule has 1 aromatic carbocycles. The van der Waals surface area contributed by atoms with Crippen LogP contribution in [0.25, 0.3) is 0 Å². The Balaban J connectivity index is 2.33. The second kappa shape index (κ2) is 8.18. The van der Waals surface area contributed by atoms with Crippen LogP contribution >= 0.6 is 0 Å². The predicted molar refractivity (Wildman–Crippen MR) is 92.5 cm³/mol. The van der Waals surface area contributed by atoms with Gasteiger partial charge in [-0.1, -0.05) is 13.8 Å². The fourth-order valence-corrected chi connectivity index (χ4v) is 3.23. The number of aldehydes is 1. The van der Waals surface area contributed by atoms with Gasteiger partial charge < -0.3 is 19.2 Å². The van der Waals surface area contributed by atoms with Gasteiger partial charge in [-0.05, 0) is 42.0 Å². The number of hydrogen-bond donors (Lipinski definition) is 0. The average Bonchev–Trinajstić information content (AvgIpc) is 2.58. The van der Waals surface area contributed by atoms with E-state index in [4.69, 9.17) is 9.47 Å². The number of nitrogens with zero attached hydrogens (tertiary/aromatic N) is 1. The molecule has 0 N–H and O–H groups in total. The van der Waals surface area contributed by atoms with Crippen LogP contribution in [0, 0.1) is 5.92 Å². The Kier molecular flexibility index (Phi) is 6.23. The summed E-state index contributed by atoms with van der Waals surface area (Å²) in [6.07, 6.45) is 3.34. The van der Waals surface area contributed by atoms with Crippen LogP contribution in [-0.4, -0.2) is 37.9 Å². The second-order valence-corrected chi connectivity index (χ2v) is 6.59. The van der Waals surface area contributed by atoms with Crippen molar-refractivity contribution in [1.29, 1.82) is 0 Å². The van der Waals surface area contributed by atoms with E-state index in [-0.39, 0.29) is 11.9 Å². The summed E-state index contributed by atoms with van der Waals surface area (Å²) >= 11 is 0. The van der Waals surface area contributed by atoms with Crippen molar-refractivity contribution in [2.75, 3.05) is 20.8 Å². The van der Waals surface area contributed by atoms with Gasteiger partial charge in [-0.3, -0.25) is 4.79 Å². The van der Waals surface area contributed by atoms with E-state index < -0.39 is 0 Å². The molecular formula is C19H27NO4. The molecule has 0 radical (unpaired) electrons. The third kappa shape index (κ3) is 3.89. The summed E-state index contributed by atoms with van der Waals surface area (Å²) in [4.78, 5) is 25.7. The molecular weight excluding hydrogens is 306 g/mol. The standard InChI is InChI=1S/C19H27NO4/c1-13(2)5-6-19(22)20-9-7-14-11-17(23-3)18(24-4)12-15(14)16(20)8-10-21/h10-13,16H,5-9H2,1-4H3/t16-/m1/s1. The number of ether oxygens (including phenoxy) is 2. The first kappa shape index (κ1) is 18.3. The van der Waals surface area contributed by atoms with Crippen molar-refractivity contribution in [3.63, 3.8) is 0 Å². The topological polar surface area (TPSA) is 55.8 Å². The smallest absolute Gasteiger partial charge is 0.223 e. The maximum absolute atomic E-state index is 12.6. The monoisotopic (exact) mass is 333 g/mol. The lowest BCUT2D eigenvalue weighted by molar-refractivity contribution is -0.134. The minimum absolute atomic E-state index is 0.121. The van der Waals surface area contributed by atoms with Gasteiger partial charge in [-0.15, -0.1) is 0 Å². The van der Waals surface area contributed by atoms with Crippen molar-refractivity contribution in [2.24, 2.45) is 5.92 Å². The lowest BCUT2D eigenvalue weighted by Crippen LogP contribution is -2.40. The Labute approximate surface area is 143 Å². The number of rotatable bonds is 7. The van der Waals surface area contributed by atoms with Gasteiger partial charge in [0.15, 0.2) is 11.5 Å². The summed E-state index contributed by atoms with van der Waals surface area (Å²) in [5.74, 6) is 1.92. The Hall–Kier alpha value is -2.04. The van der Waals surface area contributed by atoms with Gasteiger partial charge in [0.05, 0.1) is 20.3 Å². The van der Waals surface area contributed by atoms with Crippen LogP contribution in [0.5, 0.6) is 11.5 Å². The van der Waals surface area contributed by atoms with Crippen LogP contribution < -0.4 is 9.47 Å². The van der Waals surface area contributed by atoms with Crippen LogP contribution in [0.2, 0.25) is 0 Å². The average molecular weight is 333 g/mol. The molecule has 1 aromatic rings. The molecule has 1 atom stereocenters. The van der Waals surface area contributed by atoms with Gasteiger partial charge in [0.1, 0.15) is 6.29 Å². The van der Waals surface area contributed by atoms with Crippen LogP contribution in [0.1, 0.15) is 50.3 Å². The first-order valence-corrected chi connectivity index (χ1v) is 8.49. The van der Waals surface area contributed by atoms with Gasteiger partial charge in [0, 0.05) is 19.4 Å². The summed E-state index contributed by atoms with van der Waals surface area (Å²) in [5, 5.41) is 0. The first-order chi connectivity index (χ1) is 11.5. The fraction of sp³-hybridized carbons (Fsp3) is 0.579. The normalized spacial score (nSPS) is 16.7. The molecule has 2 rings (SSSR count). The molecule has 0 spiro atoms. The van der Waals surface area contributed by atoms with Crippen LogP contribution in [0.15, 0.2) is 12.1 Å². The number of carbonyl (C=O) groups is 2. The van der Waals surface area contributed by atoms with E-state index >= 15 is 0 Å². The Morgan fingerprint density at radius 1 is 1.29 bits per heavy atom. The zero-order valence-electron chi connectivity index (χ0n) is 15.0. The van der Waals surface area contributed by atoms with Crippen LogP contribution in [-0.2, 0) is 16.0 Å². The Bertz CT molecular complexity index is 597. The molecule has 5 nitrogen and oxygen atoms in total. The van der Waals surface area contributed by atoms with E-state index in [0.29, 0.717) is 36.8 Å². The minimum atomic E-state index is -0.217. The summed E-state index contributed by atoms with van der Waals surface area (Å²) in [6.45, 7) is 4.86. The van der Waals surface area contributed by atoms with Gasteiger partial charge in [0.25, 0.3) is 0 Å². The summed E-state index contributed by atoms with van der Waals surface area (Å²) in [5.41, 5.74) is 2.11. The van der Waals surface area contributed by atoms with Gasteiger partial charge in [0.2, 0.25) is 5.91 Å². The molecule has 0 saturated carbocycles. The quantitative estimate of drug-likeness (QED) is 0.719. The van der Waals surface area contributed by atoms with E-state index in [0.717, 1.165) is 30.3 Å². The number of methoxy groups -OCH3 is 2. The molecule has 1 aliphatic rings. The van der Waals surface area contributed by atoms with E-state index in [1.54, 1.807) is 14.2 Å². The van der Waals surface area contributed by atoms with Crippen LogP contribution in [0.4, 0.5) is 0 Å². The molecule has 0 fully saturated rings. The highest BCUT2D eigenvalue weighted by Gasteiger charge is 2.31. The zero-order chi connectivity index (χ0) is 17.7. The summed E-state index contributed by atoms with van der Waals surface area (Å²) in [7, 11) is 3.20. The second-order valence-electron chi connectivity index (χ2n) is 6.59. The predicted octanol–water partition coefficient (Wildman–Crippen LogP) is 3.15. The molecule has 24 heavy (non-hydrogen) atoms. The minimum Gasteiger partial charge on any atom is -0.493 e. The Morgan fingerprint density at radius 2 is 1.96 bits per heavy atom. The van der Waals surface area contributed by atoms with E-state index in [1.807, 2.05) is 17.0 Å². The largest absolute Gasteiger partial charge is 0.493 e. The summed E-state index contributed by atoms with van der Waals surface area (Å²) in [6, 6.07) is 3.65. The highest BCUT2D eigenvalue weighted by atomic mass is 16.5. The zero-order valence-corrected chi connectivity index (χ0v) is 15.0. The molecule has 1 heterocycles. The summed E-state index contributed by atoms with van der Waals surface area (Å²) < 4.78 is 10.7. The number of carbonyl (C=O) groups excluding carboxylic acids is 2. The lowest BCUT2D eigenvalue weighted by Gasteiger charge is -2.37. The van der Waals surface area contributed by atoms with Crippen molar-refractivity contribution < 1.29 is 19.1 Å². The third-order valence-electron chi connectivity index (χ3n) is 4.58. The highest BCUT2D eigenvalue weighted by Crippen LogP contribution is 2.39. The molecule has 132 valence electrons. The van der Waals surface area contributed by atoms with Crippen molar-refractivity contribution in [3.8, 4) is 11.5 Å². The first-order valence-electron chi connectivity index (χ1n) is 8.49. The van der Waals surface area contributed by atoms with E-state index in [9.17, 15) is 9.59 Å². The number of amides is 1. The van der Waals surface area contributed by atoms with Crippen molar-refractivity contribution in [1.82, 2.24) is 4.90 Å². The molecule has 0 unspecified atom stereocenters. The maximum Gasteiger partial charge on any atom is 0.223 e. The molecule has 1 amide bonds. The van der Waals surface area contributed by atoms with Gasteiger partial charge in [-0.2, -0.15) is 0 Å². The SMILES string of the molecule is COc1cc2c(cc1OC)[C@@H](CC=O)N(C(=O)CCC(C)C)CC2. The molecule has 0 bridgehead atoms. The van der Waals surface area contributed by atoms with E-state index in [1.165, 1.54) is 0 Å². The number of fused-ring (bicyclic) bond motifs is 1.